The zero-order valence-corrected chi connectivity index (χ0v) is 17.2. The van der Waals surface area contributed by atoms with E-state index in [4.69, 9.17) is 16.0 Å². The number of guanidine groups is 1. The van der Waals surface area contributed by atoms with E-state index < -0.39 is 0 Å². The summed E-state index contributed by atoms with van der Waals surface area (Å²) < 4.78 is 5.80. The number of hydrogen-bond acceptors (Lipinski definition) is 3. The van der Waals surface area contributed by atoms with Crippen LogP contribution in [0.15, 0.2) is 39.9 Å². The SMILES string of the molecule is CN=C(NCc1ncc(C(C)(C)C)o1)NCC(C)(C)c1ccc(Cl)cc1. The molecule has 1 aromatic heterocycles. The Balaban J connectivity index is 1.91. The predicted octanol–water partition coefficient (Wildman–Crippen LogP) is 4.27. The van der Waals surface area contributed by atoms with Crippen LogP contribution in [0.2, 0.25) is 5.02 Å². The third-order valence-corrected chi connectivity index (χ3v) is 4.50. The van der Waals surface area contributed by atoms with Crippen LogP contribution in [-0.4, -0.2) is 24.5 Å². The summed E-state index contributed by atoms with van der Waals surface area (Å²) in [6.07, 6.45) is 1.79. The van der Waals surface area contributed by atoms with Gasteiger partial charge in [0.1, 0.15) is 5.76 Å². The van der Waals surface area contributed by atoms with Crippen molar-refractivity contribution in [2.45, 2.75) is 52.0 Å². The monoisotopic (exact) mass is 376 g/mol. The Morgan fingerprint density at radius 3 is 2.31 bits per heavy atom. The second-order valence-electron chi connectivity index (χ2n) is 8.04. The fraction of sp³-hybridized carbons (Fsp3) is 0.500. The Morgan fingerprint density at radius 1 is 1.12 bits per heavy atom. The lowest BCUT2D eigenvalue weighted by Crippen LogP contribution is -2.43. The second kappa shape index (κ2) is 8.12. The molecule has 0 atom stereocenters. The number of halogens is 1. The maximum atomic E-state index is 5.98. The Bertz CT molecular complexity index is 742. The Labute approximate surface area is 161 Å². The van der Waals surface area contributed by atoms with Crippen molar-refractivity contribution in [1.29, 1.82) is 0 Å². The first-order valence-electron chi connectivity index (χ1n) is 8.77. The van der Waals surface area contributed by atoms with Crippen molar-refractivity contribution < 1.29 is 4.42 Å². The van der Waals surface area contributed by atoms with E-state index >= 15 is 0 Å². The molecule has 5 nitrogen and oxygen atoms in total. The number of nitrogens with zero attached hydrogens (tertiary/aromatic N) is 2. The minimum atomic E-state index is -0.0649. The molecule has 2 rings (SSSR count). The molecule has 0 bridgehead atoms. The van der Waals surface area contributed by atoms with Gasteiger partial charge in [0.05, 0.1) is 12.7 Å². The van der Waals surface area contributed by atoms with Crippen molar-refractivity contribution >= 4 is 17.6 Å². The van der Waals surface area contributed by atoms with Crippen molar-refractivity contribution in [2.75, 3.05) is 13.6 Å². The van der Waals surface area contributed by atoms with Gasteiger partial charge in [-0.05, 0) is 17.7 Å². The number of aliphatic imine (C=N–C) groups is 1. The molecule has 0 aliphatic rings. The van der Waals surface area contributed by atoms with Gasteiger partial charge in [0.25, 0.3) is 0 Å². The molecule has 0 aliphatic carbocycles. The van der Waals surface area contributed by atoms with Crippen molar-refractivity contribution in [3.05, 3.63) is 52.7 Å². The van der Waals surface area contributed by atoms with Gasteiger partial charge in [0, 0.05) is 29.4 Å². The Morgan fingerprint density at radius 2 is 1.77 bits per heavy atom. The molecular weight excluding hydrogens is 348 g/mol. The fourth-order valence-electron chi connectivity index (χ4n) is 2.43. The van der Waals surface area contributed by atoms with E-state index in [0.29, 0.717) is 18.4 Å². The maximum Gasteiger partial charge on any atom is 0.213 e. The van der Waals surface area contributed by atoms with Crippen LogP contribution in [0.1, 0.15) is 51.8 Å². The van der Waals surface area contributed by atoms with E-state index in [2.05, 4.69) is 67.4 Å². The van der Waals surface area contributed by atoms with Crippen LogP contribution in [0.3, 0.4) is 0 Å². The topological polar surface area (TPSA) is 62.5 Å². The highest BCUT2D eigenvalue weighted by atomic mass is 35.5. The Kier molecular flexibility index (Phi) is 6.34. The largest absolute Gasteiger partial charge is 0.443 e. The highest BCUT2D eigenvalue weighted by molar-refractivity contribution is 6.30. The van der Waals surface area contributed by atoms with Crippen LogP contribution in [0.25, 0.3) is 0 Å². The first-order chi connectivity index (χ1) is 12.1. The molecule has 0 fully saturated rings. The number of hydrogen-bond donors (Lipinski definition) is 2. The van der Waals surface area contributed by atoms with Gasteiger partial charge in [0.15, 0.2) is 5.96 Å². The highest BCUT2D eigenvalue weighted by Crippen LogP contribution is 2.24. The average molecular weight is 377 g/mol. The van der Waals surface area contributed by atoms with Gasteiger partial charge in [-0.25, -0.2) is 4.98 Å². The molecule has 1 heterocycles. The maximum absolute atomic E-state index is 5.98. The number of aromatic nitrogens is 1. The number of oxazole rings is 1. The van der Waals surface area contributed by atoms with Crippen molar-refractivity contribution in [3.8, 4) is 0 Å². The third-order valence-electron chi connectivity index (χ3n) is 4.25. The highest BCUT2D eigenvalue weighted by Gasteiger charge is 2.21. The molecule has 1 aromatic carbocycles. The molecule has 0 amide bonds. The zero-order chi connectivity index (χ0) is 19.4. The summed E-state index contributed by atoms with van der Waals surface area (Å²) in [4.78, 5) is 8.60. The molecule has 26 heavy (non-hydrogen) atoms. The molecule has 0 saturated carbocycles. The minimum Gasteiger partial charge on any atom is -0.443 e. The molecule has 6 heteroatoms. The smallest absolute Gasteiger partial charge is 0.213 e. The number of benzene rings is 1. The van der Waals surface area contributed by atoms with E-state index in [9.17, 15) is 0 Å². The van der Waals surface area contributed by atoms with Crippen LogP contribution in [0.5, 0.6) is 0 Å². The normalized spacial score (nSPS) is 13.0. The van der Waals surface area contributed by atoms with Crippen LogP contribution >= 0.6 is 11.6 Å². The molecule has 0 radical (unpaired) electrons. The quantitative estimate of drug-likeness (QED) is 0.604. The van der Waals surface area contributed by atoms with Gasteiger partial charge in [-0.15, -0.1) is 0 Å². The van der Waals surface area contributed by atoms with E-state index in [-0.39, 0.29) is 10.8 Å². The second-order valence-corrected chi connectivity index (χ2v) is 8.47. The summed E-state index contributed by atoms with van der Waals surface area (Å²) in [6, 6.07) is 7.95. The summed E-state index contributed by atoms with van der Waals surface area (Å²) in [5.74, 6) is 2.23. The molecule has 2 N–H and O–H groups in total. The van der Waals surface area contributed by atoms with E-state index in [1.807, 2.05) is 12.1 Å². The van der Waals surface area contributed by atoms with Gasteiger partial charge in [-0.2, -0.15) is 0 Å². The molecular formula is C20H29ClN4O. The van der Waals surface area contributed by atoms with Crippen molar-refractivity contribution in [1.82, 2.24) is 15.6 Å². The fourth-order valence-corrected chi connectivity index (χ4v) is 2.55. The summed E-state index contributed by atoms with van der Waals surface area (Å²) in [7, 11) is 1.75. The first kappa shape index (κ1) is 20.3. The van der Waals surface area contributed by atoms with Crippen LogP contribution < -0.4 is 10.6 Å². The molecule has 142 valence electrons. The molecule has 0 aliphatic heterocycles. The Hall–Kier alpha value is -2.01. The molecule has 0 saturated heterocycles. The summed E-state index contributed by atoms with van der Waals surface area (Å²) >= 11 is 5.98. The summed E-state index contributed by atoms with van der Waals surface area (Å²) in [5, 5.41) is 7.36. The van der Waals surface area contributed by atoms with Gasteiger partial charge in [-0.1, -0.05) is 58.4 Å². The number of nitrogens with one attached hydrogen (secondary N) is 2. The van der Waals surface area contributed by atoms with Crippen molar-refractivity contribution in [2.24, 2.45) is 4.99 Å². The first-order valence-corrected chi connectivity index (χ1v) is 9.15. The van der Waals surface area contributed by atoms with Crippen LogP contribution in [0.4, 0.5) is 0 Å². The van der Waals surface area contributed by atoms with Gasteiger partial charge in [0.2, 0.25) is 5.89 Å². The predicted molar refractivity (Wildman–Crippen MR) is 108 cm³/mol. The molecule has 0 spiro atoms. The lowest BCUT2D eigenvalue weighted by molar-refractivity contribution is 0.379. The summed E-state index contributed by atoms with van der Waals surface area (Å²) in [6.45, 7) is 11.9. The lowest BCUT2D eigenvalue weighted by Gasteiger charge is -2.26. The van der Waals surface area contributed by atoms with Gasteiger partial charge < -0.3 is 15.1 Å². The van der Waals surface area contributed by atoms with Crippen LogP contribution in [-0.2, 0) is 17.4 Å². The van der Waals surface area contributed by atoms with E-state index in [0.717, 1.165) is 17.3 Å². The zero-order valence-electron chi connectivity index (χ0n) is 16.5. The standard InChI is InChI=1S/C20H29ClN4O/c1-19(2,3)16-11-23-17(26-16)12-24-18(22-6)25-13-20(4,5)14-7-9-15(21)10-8-14/h7-11H,12-13H2,1-6H3,(H2,22,24,25). The van der Waals surface area contributed by atoms with E-state index in [1.165, 1.54) is 5.56 Å². The minimum absolute atomic E-state index is 0.0478. The van der Waals surface area contributed by atoms with Crippen LogP contribution in [0, 0.1) is 0 Å². The van der Waals surface area contributed by atoms with Gasteiger partial charge >= 0.3 is 0 Å². The third kappa shape index (κ3) is 5.49. The summed E-state index contributed by atoms with van der Waals surface area (Å²) in [5.41, 5.74) is 1.10. The van der Waals surface area contributed by atoms with Gasteiger partial charge in [-0.3, -0.25) is 4.99 Å². The number of rotatable bonds is 5. The average Bonchev–Trinajstić information content (AvgIpc) is 3.04. The van der Waals surface area contributed by atoms with Crippen molar-refractivity contribution in [3.63, 3.8) is 0 Å². The molecule has 0 unspecified atom stereocenters. The molecule has 2 aromatic rings. The van der Waals surface area contributed by atoms with E-state index in [1.54, 1.807) is 13.2 Å². The lowest BCUT2D eigenvalue weighted by atomic mass is 9.85.